The molecular weight excluding hydrogens is 164 g/mol. The summed E-state index contributed by atoms with van der Waals surface area (Å²) in [6.07, 6.45) is 0. The lowest BCUT2D eigenvalue weighted by Gasteiger charge is -1.92. The number of thiol groups is 2. The molecule has 0 radical (unpaired) electrons. The molecule has 0 aromatic heterocycles. The molecule has 0 aliphatic heterocycles. The minimum absolute atomic E-state index is 0.306. The third-order valence-electron chi connectivity index (χ3n) is 0.950. The summed E-state index contributed by atoms with van der Waals surface area (Å²) < 4.78 is 0. The molecule has 0 heterocycles. The van der Waals surface area contributed by atoms with Crippen LogP contribution in [-0.2, 0) is 0 Å². The molecule has 0 unspecified atom stereocenters. The average Bonchev–Trinajstić information content (AvgIpc) is 2.00. The van der Waals surface area contributed by atoms with Crippen LogP contribution in [0.25, 0.3) is 0 Å². The van der Waals surface area contributed by atoms with Gasteiger partial charge in [0, 0.05) is 11.5 Å². The minimum atomic E-state index is 0.306. The van der Waals surface area contributed by atoms with Gasteiger partial charge >= 0.3 is 0 Å². The van der Waals surface area contributed by atoms with Crippen LogP contribution in [-0.4, -0.2) is 11.5 Å². The molecule has 52 valence electrons. The molecule has 0 spiro atoms. The second-order valence-electron chi connectivity index (χ2n) is 1.50. The van der Waals surface area contributed by atoms with Crippen LogP contribution >= 0.6 is 25.3 Å². The fourth-order valence-corrected chi connectivity index (χ4v) is 0.920. The van der Waals surface area contributed by atoms with Crippen LogP contribution in [0.4, 0.5) is 0 Å². The summed E-state index contributed by atoms with van der Waals surface area (Å²) in [7, 11) is 0. The van der Waals surface area contributed by atoms with Gasteiger partial charge in [-0.15, -0.1) is 0 Å². The van der Waals surface area contributed by atoms with Gasteiger partial charge in [-0.05, 0) is 0 Å². The first-order chi connectivity index (χ1) is 4.79. The van der Waals surface area contributed by atoms with E-state index in [0.29, 0.717) is 22.7 Å². The van der Waals surface area contributed by atoms with Gasteiger partial charge in [-0.1, -0.05) is 0 Å². The van der Waals surface area contributed by atoms with Crippen molar-refractivity contribution >= 4 is 25.3 Å². The Morgan fingerprint density at radius 1 is 1.00 bits per heavy atom. The zero-order valence-corrected chi connectivity index (χ0v) is 6.99. The molecule has 4 heteroatoms. The summed E-state index contributed by atoms with van der Waals surface area (Å²) >= 11 is 7.75. The molecule has 0 saturated carbocycles. The number of hydrogen-bond acceptors (Lipinski definition) is 4. The summed E-state index contributed by atoms with van der Waals surface area (Å²) in [4.78, 5) is 0. The van der Waals surface area contributed by atoms with Crippen LogP contribution in [0.3, 0.4) is 0 Å². The molecule has 0 aliphatic rings. The molecule has 0 fully saturated rings. The minimum Gasteiger partial charge on any atom is -0.193 e. The summed E-state index contributed by atoms with van der Waals surface area (Å²) in [5.41, 5.74) is 0.807. The van der Waals surface area contributed by atoms with Gasteiger partial charge in [0.2, 0.25) is 0 Å². The first-order valence-electron chi connectivity index (χ1n) is 2.54. The quantitative estimate of drug-likeness (QED) is 0.483. The van der Waals surface area contributed by atoms with E-state index in [2.05, 4.69) is 25.3 Å². The maximum Gasteiger partial charge on any atom is 0.0966 e. The van der Waals surface area contributed by atoms with E-state index in [4.69, 9.17) is 10.5 Å². The zero-order chi connectivity index (χ0) is 7.98. The second kappa shape index (κ2) is 5.22. The van der Waals surface area contributed by atoms with E-state index < -0.39 is 0 Å². The fraction of sp³-hybridized carbons (Fsp3) is 0.333. The monoisotopic (exact) mass is 170 g/mol. The standard InChI is InChI=1S/C6H6N2S2/c7-1-5(3-9)6(2-8)4-10/h9-10H,3-4H2. The third-order valence-corrected chi connectivity index (χ3v) is 1.58. The lowest BCUT2D eigenvalue weighted by molar-refractivity contribution is 1.37. The predicted molar refractivity (Wildman–Crippen MR) is 46.0 cm³/mol. The SMILES string of the molecule is N#CC(CS)=C(C#N)CS. The first-order valence-corrected chi connectivity index (χ1v) is 3.80. The van der Waals surface area contributed by atoms with Gasteiger partial charge in [0.1, 0.15) is 0 Å². The second-order valence-corrected chi connectivity index (χ2v) is 2.13. The lowest BCUT2D eigenvalue weighted by atomic mass is 10.2. The van der Waals surface area contributed by atoms with Gasteiger partial charge in [0.25, 0.3) is 0 Å². The van der Waals surface area contributed by atoms with Crippen LogP contribution in [0.2, 0.25) is 0 Å². The Kier molecular flexibility index (Phi) is 4.92. The molecule has 0 atom stereocenters. The Morgan fingerprint density at radius 3 is 1.40 bits per heavy atom. The zero-order valence-electron chi connectivity index (χ0n) is 5.20. The van der Waals surface area contributed by atoms with Crippen molar-refractivity contribution in [3.05, 3.63) is 11.1 Å². The molecule has 2 nitrogen and oxygen atoms in total. The Balaban J connectivity index is 4.62. The molecule has 0 aromatic carbocycles. The van der Waals surface area contributed by atoms with Crippen LogP contribution in [0, 0.1) is 22.7 Å². The van der Waals surface area contributed by atoms with Crippen molar-refractivity contribution in [3.8, 4) is 12.1 Å². The van der Waals surface area contributed by atoms with Crippen LogP contribution in [0.15, 0.2) is 11.1 Å². The van der Waals surface area contributed by atoms with Crippen molar-refractivity contribution in [3.63, 3.8) is 0 Å². The van der Waals surface area contributed by atoms with Gasteiger partial charge in [0.15, 0.2) is 0 Å². The van der Waals surface area contributed by atoms with E-state index in [0.717, 1.165) is 0 Å². The van der Waals surface area contributed by atoms with Crippen molar-refractivity contribution in [2.45, 2.75) is 0 Å². The van der Waals surface area contributed by atoms with Crippen LogP contribution in [0.5, 0.6) is 0 Å². The topological polar surface area (TPSA) is 47.6 Å². The summed E-state index contributed by atoms with van der Waals surface area (Å²) in [5, 5.41) is 16.8. The van der Waals surface area contributed by atoms with Crippen molar-refractivity contribution in [2.75, 3.05) is 11.5 Å². The number of nitriles is 2. The molecule has 0 aliphatic carbocycles. The highest BCUT2D eigenvalue weighted by molar-refractivity contribution is 7.80. The van der Waals surface area contributed by atoms with Gasteiger partial charge < -0.3 is 0 Å². The average molecular weight is 170 g/mol. The lowest BCUT2D eigenvalue weighted by Crippen LogP contribution is -1.90. The van der Waals surface area contributed by atoms with Crippen molar-refractivity contribution in [1.29, 1.82) is 10.5 Å². The van der Waals surface area contributed by atoms with Gasteiger partial charge in [-0.25, -0.2) is 0 Å². The first kappa shape index (κ1) is 9.42. The number of hydrogen-bond donors (Lipinski definition) is 2. The maximum atomic E-state index is 8.42. The molecule has 0 saturated heterocycles. The van der Waals surface area contributed by atoms with Crippen molar-refractivity contribution in [1.82, 2.24) is 0 Å². The predicted octanol–water partition coefficient (Wildman–Crippen LogP) is 1.19. The molecule has 0 aromatic rings. The Bertz CT molecular complexity index is 195. The van der Waals surface area contributed by atoms with E-state index in [9.17, 15) is 0 Å². The Morgan fingerprint density at radius 2 is 1.30 bits per heavy atom. The summed E-state index contributed by atoms with van der Waals surface area (Å²) in [5.74, 6) is 0.611. The highest BCUT2D eigenvalue weighted by atomic mass is 32.1. The molecular formula is C6H6N2S2. The largest absolute Gasteiger partial charge is 0.193 e. The molecule has 0 amide bonds. The van der Waals surface area contributed by atoms with E-state index in [1.54, 1.807) is 0 Å². The number of rotatable bonds is 2. The molecule has 0 bridgehead atoms. The van der Waals surface area contributed by atoms with E-state index in [1.807, 2.05) is 12.1 Å². The van der Waals surface area contributed by atoms with Crippen LogP contribution < -0.4 is 0 Å². The maximum absolute atomic E-state index is 8.42. The van der Waals surface area contributed by atoms with Crippen molar-refractivity contribution < 1.29 is 0 Å². The molecule has 0 rings (SSSR count). The van der Waals surface area contributed by atoms with Crippen LogP contribution in [0.1, 0.15) is 0 Å². The number of nitrogens with zero attached hydrogens (tertiary/aromatic N) is 2. The van der Waals surface area contributed by atoms with Crippen molar-refractivity contribution in [2.24, 2.45) is 0 Å². The highest BCUT2D eigenvalue weighted by Crippen LogP contribution is 2.05. The highest BCUT2D eigenvalue weighted by Gasteiger charge is 2.00. The normalized spacial score (nSPS) is 11.2. The summed E-state index contributed by atoms with van der Waals surface area (Å²) in [6, 6.07) is 3.77. The van der Waals surface area contributed by atoms with E-state index in [1.165, 1.54) is 0 Å². The fourth-order valence-electron chi connectivity index (χ4n) is 0.397. The molecule has 10 heavy (non-hydrogen) atoms. The third kappa shape index (κ3) is 2.34. The Labute approximate surface area is 71.0 Å². The van der Waals surface area contributed by atoms with E-state index >= 15 is 0 Å². The summed E-state index contributed by atoms with van der Waals surface area (Å²) in [6.45, 7) is 0. The van der Waals surface area contributed by atoms with E-state index in [-0.39, 0.29) is 0 Å². The smallest absolute Gasteiger partial charge is 0.0966 e. The van der Waals surface area contributed by atoms with Gasteiger partial charge in [-0.3, -0.25) is 0 Å². The van der Waals surface area contributed by atoms with Gasteiger partial charge in [0.05, 0.1) is 23.3 Å². The molecule has 0 N–H and O–H groups in total. The van der Waals surface area contributed by atoms with Gasteiger partial charge in [-0.2, -0.15) is 35.8 Å². The Hall–Kier alpha value is -0.580.